The van der Waals surface area contributed by atoms with Crippen LogP contribution in [0.1, 0.15) is 23.3 Å². The summed E-state index contributed by atoms with van der Waals surface area (Å²) in [6.07, 6.45) is 1.48. The normalized spacial score (nSPS) is 12.1. The van der Waals surface area contributed by atoms with Crippen molar-refractivity contribution < 1.29 is 4.79 Å². The predicted molar refractivity (Wildman–Crippen MR) is 71.2 cm³/mol. The molecular formula is C14H12ClNO2. The second-order valence-corrected chi connectivity index (χ2v) is 4.44. The highest BCUT2D eigenvalue weighted by atomic mass is 35.5. The van der Waals surface area contributed by atoms with Gasteiger partial charge in [0.25, 0.3) is 5.56 Å². The average molecular weight is 262 g/mol. The maximum atomic E-state index is 12.2. The van der Waals surface area contributed by atoms with Crippen molar-refractivity contribution in [1.29, 1.82) is 0 Å². The molecule has 0 N–H and O–H groups in total. The van der Waals surface area contributed by atoms with Crippen molar-refractivity contribution in [1.82, 2.24) is 4.57 Å². The fourth-order valence-electron chi connectivity index (χ4n) is 1.75. The third-order valence-electron chi connectivity index (χ3n) is 2.76. The van der Waals surface area contributed by atoms with E-state index in [1.54, 1.807) is 31.2 Å². The molecule has 1 aromatic heterocycles. The van der Waals surface area contributed by atoms with Crippen LogP contribution in [0.25, 0.3) is 0 Å². The van der Waals surface area contributed by atoms with E-state index in [2.05, 4.69) is 0 Å². The van der Waals surface area contributed by atoms with Crippen LogP contribution in [0.15, 0.2) is 53.5 Å². The zero-order valence-electron chi connectivity index (χ0n) is 9.84. The monoisotopic (exact) mass is 261 g/mol. The molecule has 1 unspecified atom stereocenters. The van der Waals surface area contributed by atoms with Crippen molar-refractivity contribution >= 4 is 17.4 Å². The molecule has 0 aliphatic heterocycles. The van der Waals surface area contributed by atoms with Gasteiger partial charge in [-0.1, -0.05) is 41.9 Å². The Bertz CT molecular complexity index is 619. The number of hydrogen-bond acceptors (Lipinski definition) is 2. The van der Waals surface area contributed by atoms with E-state index in [-0.39, 0.29) is 11.3 Å². The molecule has 1 aromatic carbocycles. The van der Waals surface area contributed by atoms with Crippen molar-refractivity contribution in [3.63, 3.8) is 0 Å². The Morgan fingerprint density at radius 2 is 1.83 bits per heavy atom. The first-order valence-electron chi connectivity index (χ1n) is 5.56. The van der Waals surface area contributed by atoms with Crippen LogP contribution < -0.4 is 5.56 Å². The summed E-state index contributed by atoms with van der Waals surface area (Å²) in [5.74, 6) is -0.111. The number of ketones is 1. The Balaban J connectivity index is 2.37. The summed E-state index contributed by atoms with van der Waals surface area (Å²) < 4.78 is 1.34. The van der Waals surface area contributed by atoms with Crippen LogP contribution >= 0.6 is 11.6 Å². The number of carbonyl (C=O) groups is 1. The lowest BCUT2D eigenvalue weighted by atomic mass is 10.1. The van der Waals surface area contributed by atoms with Crippen LogP contribution in [-0.2, 0) is 0 Å². The molecule has 18 heavy (non-hydrogen) atoms. The predicted octanol–water partition coefficient (Wildman–Crippen LogP) is 2.95. The number of carbonyl (C=O) groups excluding carboxylic acids is 1. The van der Waals surface area contributed by atoms with Gasteiger partial charge in [-0.25, -0.2) is 0 Å². The Morgan fingerprint density at radius 3 is 2.50 bits per heavy atom. The number of hydrogen-bond donors (Lipinski definition) is 0. The molecule has 2 aromatic rings. The zero-order chi connectivity index (χ0) is 13.1. The molecule has 0 aliphatic carbocycles. The van der Waals surface area contributed by atoms with Crippen molar-refractivity contribution in [2.45, 2.75) is 13.0 Å². The summed E-state index contributed by atoms with van der Waals surface area (Å²) in [4.78, 5) is 23.9. The minimum absolute atomic E-state index is 0.111. The second kappa shape index (κ2) is 5.19. The topological polar surface area (TPSA) is 39.1 Å². The highest BCUT2D eigenvalue weighted by Gasteiger charge is 2.17. The molecule has 0 spiro atoms. The number of pyridine rings is 1. The average Bonchev–Trinajstić information content (AvgIpc) is 2.41. The lowest BCUT2D eigenvalue weighted by Gasteiger charge is -2.14. The maximum Gasteiger partial charge on any atom is 0.251 e. The van der Waals surface area contributed by atoms with Gasteiger partial charge in [-0.05, 0) is 13.0 Å². The zero-order valence-corrected chi connectivity index (χ0v) is 10.6. The molecule has 0 saturated carbocycles. The molecule has 2 rings (SSSR count). The summed E-state index contributed by atoms with van der Waals surface area (Å²) in [5.41, 5.74) is 0.341. The maximum absolute atomic E-state index is 12.2. The van der Waals surface area contributed by atoms with Crippen molar-refractivity contribution in [3.05, 3.63) is 69.6 Å². The molecule has 0 saturated heterocycles. The van der Waals surface area contributed by atoms with Gasteiger partial charge in [0.2, 0.25) is 0 Å². The van der Waals surface area contributed by atoms with Crippen LogP contribution in [0.4, 0.5) is 0 Å². The first-order valence-corrected chi connectivity index (χ1v) is 5.94. The third-order valence-corrected chi connectivity index (χ3v) is 2.98. The summed E-state index contributed by atoms with van der Waals surface area (Å²) in [6.45, 7) is 1.69. The molecule has 0 aliphatic rings. The fourth-order valence-corrected chi connectivity index (χ4v) is 1.92. The van der Waals surface area contributed by atoms with Crippen molar-refractivity contribution in [2.75, 3.05) is 0 Å². The lowest BCUT2D eigenvalue weighted by Crippen LogP contribution is -2.27. The molecule has 4 heteroatoms. The van der Waals surface area contributed by atoms with Crippen molar-refractivity contribution in [3.8, 4) is 0 Å². The van der Waals surface area contributed by atoms with Crippen LogP contribution in [0.5, 0.6) is 0 Å². The number of rotatable bonds is 3. The van der Waals surface area contributed by atoms with E-state index >= 15 is 0 Å². The van der Waals surface area contributed by atoms with Crippen LogP contribution in [0.2, 0.25) is 5.02 Å². The van der Waals surface area contributed by atoms with Gasteiger partial charge in [-0.2, -0.15) is 0 Å². The molecule has 0 fully saturated rings. The van der Waals surface area contributed by atoms with E-state index in [1.165, 1.54) is 22.9 Å². The molecule has 1 atom stereocenters. The number of benzene rings is 1. The minimum Gasteiger partial charge on any atom is -0.303 e. The number of nitrogens with zero attached hydrogens (tertiary/aromatic N) is 1. The molecule has 0 bridgehead atoms. The number of aromatic nitrogens is 1. The third kappa shape index (κ3) is 2.51. The van der Waals surface area contributed by atoms with Gasteiger partial charge in [0, 0.05) is 17.8 Å². The largest absolute Gasteiger partial charge is 0.303 e. The van der Waals surface area contributed by atoms with Crippen LogP contribution in [0, 0.1) is 0 Å². The number of halogens is 1. The highest BCUT2D eigenvalue weighted by molar-refractivity contribution is 6.30. The molecule has 1 heterocycles. The van der Waals surface area contributed by atoms with E-state index < -0.39 is 6.04 Å². The summed E-state index contributed by atoms with van der Waals surface area (Å²) >= 11 is 5.84. The first kappa shape index (κ1) is 12.6. The van der Waals surface area contributed by atoms with E-state index in [9.17, 15) is 9.59 Å². The quantitative estimate of drug-likeness (QED) is 0.797. The Hall–Kier alpha value is -1.87. The van der Waals surface area contributed by atoms with Gasteiger partial charge in [0.05, 0.1) is 11.1 Å². The number of Topliss-reactive ketones (excluding diaryl/α,β-unsaturated/α-hetero) is 1. The Morgan fingerprint density at radius 1 is 1.17 bits per heavy atom. The van der Waals surface area contributed by atoms with Gasteiger partial charge in [-0.3, -0.25) is 9.59 Å². The van der Waals surface area contributed by atoms with Crippen LogP contribution in [0.3, 0.4) is 0 Å². The lowest BCUT2D eigenvalue weighted by molar-refractivity contribution is 0.0933. The molecule has 0 radical (unpaired) electrons. The molecule has 92 valence electrons. The van der Waals surface area contributed by atoms with E-state index in [0.717, 1.165) is 0 Å². The van der Waals surface area contributed by atoms with Crippen molar-refractivity contribution in [2.24, 2.45) is 0 Å². The smallest absolute Gasteiger partial charge is 0.251 e. The summed E-state index contributed by atoms with van der Waals surface area (Å²) in [5, 5.41) is 0.433. The van der Waals surface area contributed by atoms with Crippen LogP contribution in [-0.4, -0.2) is 10.4 Å². The Labute approximate surface area is 110 Å². The standard InChI is InChI=1S/C14H12ClNO2/c1-10(14(18)11-5-3-2-4-6-11)16-9-12(15)7-8-13(16)17/h2-10H,1H3. The van der Waals surface area contributed by atoms with Gasteiger partial charge >= 0.3 is 0 Å². The second-order valence-electron chi connectivity index (χ2n) is 4.00. The first-order chi connectivity index (χ1) is 8.59. The molecule has 0 amide bonds. The van der Waals surface area contributed by atoms with Gasteiger partial charge in [0.15, 0.2) is 5.78 Å². The Kier molecular flexibility index (Phi) is 3.63. The van der Waals surface area contributed by atoms with Gasteiger partial charge < -0.3 is 4.57 Å². The van der Waals surface area contributed by atoms with Gasteiger partial charge in [0.1, 0.15) is 0 Å². The highest BCUT2D eigenvalue weighted by Crippen LogP contribution is 2.14. The fraction of sp³-hybridized carbons (Fsp3) is 0.143. The van der Waals surface area contributed by atoms with E-state index in [1.807, 2.05) is 6.07 Å². The van der Waals surface area contributed by atoms with E-state index in [4.69, 9.17) is 11.6 Å². The minimum atomic E-state index is -0.571. The van der Waals surface area contributed by atoms with Gasteiger partial charge in [-0.15, -0.1) is 0 Å². The SMILES string of the molecule is CC(C(=O)c1ccccc1)n1cc(Cl)ccc1=O. The molecule has 3 nitrogen and oxygen atoms in total. The molecular weight excluding hydrogens is 250 g/mol. The summed E-state index contributed by atoms with van der Waals surface area (Å²) in [6, 6.07) is 11.2. The van der Waals surface area contributed by atoms with E-state index in [0.29, 0.717) is 10.6 Å². The summed E-state index contributed by atoms with van der Waals surface area (Å²) in [7, 11) is 0.